The number of para-hydroxylation sites is 2. The molecule has 2 aromatic carbocycles. The second-order valence-electron chi connectivity index (χ2n) is 13.3. The summed E-state index contributed by atoms with van der Waals surface area (Å²) in [6.45, 7) is 3.84. The van der Waals surface area contributed by atoms with Crippen LogP contribution in [0.2, 0.25) is 0 Å². The van der Waals surface area contributed by atoms with Gasteiger partial charge in [-0.2, -0.15) is 0 Å². The second kappa shape index (κ2) is 23.5. The molecule has 4 atom stereocenters. The summed E-state index contributed by atoms with van der Waals surface area (Å²) in [5.41, 5.74) is 23.7. The SMILES string of the molecule is CCOC(=O)[C@@H](Cc1cn(C)c2ccccc12)NC(=O)[C@@H](N)CCC(N)=O.CCOC(=O)[C@@H](Cc1cn(C)c2ccccc12)NC(=O)[C@@H]([NH3+])CCC(N)=O.O=S(=O)([O-])[O-]. The zero-order valence-corrected chi connectivity index (χ0v) is 34.2. The maximum atomic E-state index is 12.4. The third-order valence-corrected chi connectivity index (χ3v) is 8.73. The topological polar surface area (TPSA) is 341 Å². The Balaban J connectivity index is 0.000000365. The van der Waals surface area contributed by atoms with E-state index in [0.29, 0.717) is 6.42 Å². The number of fused-ring (bicyclic) bond motifs is 2. The summed E-state index contributed by atoms with van der Waals surface area (Å²) in [6.07, 6.45) is 4.85. The molecule has 2 heterocycles. The third kappa shape index (κ3) is 16.9. The number of quaternary nitrogens is 1. The Morgan fingerprint density at radius 1 is 0.712 bits per heavy atom. The van der Waals surface area contributed by atoms with Gasteiger partial charge in [0.1, 0.15) is 12.1 Å². The third-order valence-electron chi connectivity index (χ3n) is 8.73. The van der Waals surface area contributed by atoms with E-state index >= 15 is 0 Å². The first-order chi connectivity index (χ1) is 27.7. The van der Waals surface area contributed by atoms with Gasteiger partial charge in [-0.05, 0) is 43.5 Å². The van der Waals surface area contributed by atoms with E-state index in [2.05, 4.69) is 16.4 Å². The molecular formula is C38H53N8O12S-. The van der Waals surface area contributed by atoms with Crippen molar-refractivity contribution in [2.75, 3.05) is 13.2 Å². The van der Waals surface area contributed by atoms with Crippen LogP contribution in [-0.2, 0) is 75.6 Å². The van der Waals surface area contributed by atoms with Gasteiger partial charge < -0.3 is 61.3 Å². The highest BCUT2D eigenvalue weighted by molar-refractivity contribution is 7.79. The standard InChI is InChI=1S/2C19H26N4O4.H2O4S/c2*1-3-27-19(26)15(22-18(25)14(20)8-9-17(21)24)10-12-11-23(2)16-7-5-4-6-13(12)16;1-5(2,3)4/h2*4-7,11,14-15H,3,8-10,20H2,1-2H3,(H2,21,24)(H,22,25);(H2,1,2,3,4)/p-1/t2*14-,15+;/m00./s1. The summed E-state index contributed by atoms with van der Waals surface area (Å²) in [7, 11) is -1.32. The molecule has 21 heteroatoms. The Morgan fingerprint density at radius 3 is 1.47 bits per heavy atom. The largest absolute Gasteiger partial charge is 0.759 e. The lowest BCUT2D eigenvalue weighted by atomic mass is 10.0. The number of benzene rings is 2. The number of hydrogen-bond acceptors (Lipinski definition) is 13. The van der Waals surface area contributed by atoms with Crippen LogP contribution in [0.15, 0.2) is 60.9 Å². The van der Waals surface area contributed by atoms with Crippen molar-refractivity contribution in [1.29, 1.82) is 0 Å². The number of hydrogen-bond donors (Lipinski definition) is 6. The fourth-order valence-electron chi connectivity index (χ4n) is 5.93. The highest BCUT2D eigenvalue weighted by Gasteiger charge is 2.29. The summed E-state index contributed by atoms with van der Waals surface area (Å²) >= 11 is 0. The first-order valence-corrected chi connectivity index (χ1v) is 19.8. The average Bonchev–Trinajstić information content (AvgIpc) is 3.66. The van der Waals surface area contributed by atoms with Gasteiger partial charge in [-0.25, -0.2) is 9.59 Å². The van der Waals surface area contributed by atoms with Crippen molar-refractivity contribution >= 4 is 67.8 Å². The Hall–Kier alpha value is -5.87. The van der Waals surface area contributed by atoms with E-state index < -0.39 is 70.1 Å². The Bertz CT molecular complexity index is 2040. The van der Waals surface area contributed by atoms with Gasteiger partial charge in [0.15, 0.2) is 6.04 Å². The minimum Gasteiger partial charge on any atom is -0.759 e. The van der Waals surface area contributed by atoms with Crippen molar-refractivity contribution < 1.29 is 61.5 Å². The first kappa shape index (κ1) is 49.3. The van der Waals surface area contributed by atoms with E-state index in [9.17, 15) is 28.8 Å². The van der Waals surface area contributed by atoms with E-state index in [-0.39, 0.29) is 45.3 Å². The molecule has 0 unspecified atom stereocenters. The zero-order valence-electron chi connectivity index (χ0n) is 33.4. The van der Waals surface area contributed by atoms with Gasteiger partial charge in [-0.1, -0.05) is 36.4 Å². The van der Waals surface area contributed by atoms with Crippen molar-refractivity contribution in [2.24, 2.45) is 31.3 Å². The molecule has 324 valence electrons. The van der Waals surface area contributed by atoms with Gasteiger partial charge in [0.2, 0.25) is 17.7 Å². The van der Waals surface area contributed by atoms with E-state index in [1.807, 2.05) is 84.2 Å². The first-order valence-electron chi connectivity index (χ1n) is 18.5. The fourth-order valence-corrected chi connectivity index (χ4v) is 5.93. The maximum absolute atomic E-state index is 12.4. The van der Waals surface area contributed by atoms with Crippen molar-refractivity contribution in [3.05, 3.63) is 72.1 Å². The quantitative estimate of drug-likeness (QED) is 0.0385. The molecule has 0 aliphatic heterocycles. The van der Waals surface area contributed by atoms with Crippen LogP contribution in [0.4, 0.5) is 0 Å². The second-order valence-corrected chi connectivity index (χ2v) is 14.1. The number of nitrogens with zero attached hydrogens (tertiary/aromatic N) is 2. The van der Waals surface area contributed by atoms with Crippen LogP contribution >= 0.6 is 0 Å². The number of amides is 4. The van der Waals surface area contributed by atoms with E-state index in [1.165, 1.54) is 0 Å². The van der Waals surface area contributed by atoms with E-state index in [4.69, 9.17) is 44.2 Å². The maximum Gasteiger partial charge on any atom is 0.328 e. The van der Waals surface area contributed by atoms with Crippen molar-refractivity contribution in [2.45, 2.75) is 76.5 Å². The summed E-state index contributed by atoms with van der Waals surface area (Å²) in [6, 6.07) is 12.3. The lowest BCUT2D eigenvalue weighted by Gasteiger charge is -2.19. The van der Waals surface area contributed by atoms with Crippen LogP contribution in [0.25, 0.3) is 21.8 Å². The molecule has 2 aromatic heterocycles. The summed E-state index contributed by atoms with van der Waals surface area (Å²) < 4.78 is 48.2. The number of aromatic nitrogens is 2. The van der Waals surface area contributed by atoms with Crippen molar-refractivity contribution in [3.8, 4) is 0 Å². The van der Waals surface area contributed by atoms with E-state index in [1.54, 1.807) is 13.8 Å². The number of nitrogens with one attached hydrogen (secondary N) is 2. The number of carbonyl (C=O) groups is 6. The summed E-state index contributed by atoms with van der Waals surface area (Å²) in [5, 5.41) is 7.38. The molecule has 0 aliphatic rings. The van der Waals surface area contributed by atoms with Gasteiger partial charge >= 0.3 is 11.9 Å². The Morgan fingerprint density at radius 2 is 1.08 bits per heavy atom. The Kier molecular flexibility index (Phi) is 19.6. The van der Waals surface area contributed by atoms with Crippen LogP contribution in [0.3, 0.4) is 0 Å². The smallest absolute Gasteiger partial charge is 0.328 e. The fraction of sp³-hybridized carbons (Fsp3) is 0.421. The van der Waals surface area contributed by atoms with Gasteiger partial charge in [-0.15, -0.1) is 0 Å². The normalized spacial score (nSPS) is 13.0. The van der Waals surface area contributed by atoms with Crippen LogP contribution in [-0.4, -0.2) is 99.6 Å². The Labute approximate surface area is 341 Å². The van der Waals surface area contributed by atoms with Gasteiger partial charge in [-0.3, -0.25) is 27.6 Å². The molecule has 11 N–H and O–H groups in total. The lowest BCUT2D eigenvalue weighted by molar-refractivity contribution is -0.405. The summed E-state index contributed by atoms with van der Waals surface area (Å²) in [5.74, 6) is -2.98. The molecule has 0 bridgehead atoms. The molecule has 4 aromatic rings. The van der Waals surface area contributed by atoms with Crippen molar-refractivity contribution in [1.82, 2.24) is 19.8 Å². The van der Waals surface area contributed by atoms with Crippen molar-refractivity contribution in [3.63, 3.8) is 0 Å². The average molecular weight is 846 g/mol. The molecule has 0 spiro atoms. The lowest BCUT2D eigenvalue weighted by Crippen LogP contribution is -2.68. The predicted octanol–water partition coefficient (Wildman–Crippen LogP) is -1.33. The molecule has 59 heavy (non-hydrogen) atoms. The predicted molar refractivity (Wildman–Crippen MR) is 212 cm³/mol. The molecule has 20 nitrogen and oxygen atoms in total. The molecular weight excluding hydrogens is 793 g/mol. The molecule has 0 fully saturated rings. The number of ether oxygens (including phenoxy) is 2. The number of carbonyl (C=O) groups excluding carboxylic acids is 6. The molecule has 0 saturated heterocycles. The molecule has 0 aliphatic carbocycles. The number of rotatable bonds is 18. The minimum atomic E-state index is -5.17. The molecule has 0 saturated carbocycles. The monoisotopic (exact) mass is 845 g/mol. The van der Waals surface area contributed by atoms with Gasteiger partial charge in [0, 0.05) is 90.8 Å². The van der Waals surface area contributed by atoms with Gasteiger partial charge in [0.05, 0.1) is 19.3 Å². The summed E-state index contributed by atoms with van der Waals surface area (Å²) in [4.78, 5) is 71.2. The number of nitrogens with two attached hydrogens (primary N) is 3. The number of primary amides is 2. The number of esters is 2. The minimum absolute atomic E-state index is 0.00197. The van der Waals surface area contributed by atoms with Crippen LogP contribution < -0.4 is 33.6 Å². The highest BCUT2D eigenvalue weighted by atomic mass is 32.3. The number of aryl methyl sites for hydroxylation is 2. The van der Waals surface area contributed by atoms with Crippen LogP contribution in [0.1, 0.15) is 50.7 Å². The zero-order chi connectivity index (χ0) is 44.4. The molecule has 4 amide bonds. The van der Waals surface area contributed by atoms with Gasteiger partial charge in [0.25, 0.3) is 5.91 Å². The molecule has 4 rings (SSSR count). The van der Waals surface area contributed by atoms with E-state index in [0.717, 1.165) is 32.9 Å². The van der Waals surface area contributed by atoms with Crippen LogP contribution in [0.5, 0.6) is 0 Å². The van der Waals surface area contributed by atoms with Crippen LogP contribution in [0, 0.1) is 0 Å². The highest BCUT2D eigenvalue weighted by Crippen LogP contribution is 2.23. The molecule has 0 radical (unpaired) electrons.